The van der Waals surface area contributed by atoms with Crippen LogP contribution in [0.15, 0.2) is 5.10 Å². The van der Waals surface area contributed by atoms with Crippen LogP contribution in [0, 0.1) is 13.8 Å². The average molecular weight is 169 g/mol. The summed E-state index contributed by atoms with van der Waals surface area (Å²) in [6.07, 6.45) is 0. The van der Waals surface area contributed by atoms with Crippen LogP contribution in [-0.4, -0.2) is 10.7 Å². The van der Waals surface area contributed by atoms with Crippen LogP contribution >= 0.6 is 11.3 Å². The molecular formula is C7H11N3S. The highest BCUT2D eigenvalue weighted by Gasteiger charge is 2.06. The topological polar surface area (TPSA) is 51.3 Å². The molecule has 0 aromatic carbocycles. The van der Waals surface area contributed by atoms with Gasteiger partial charge in [0.2, 0.25) is 0 Å². The van der Waals surface area contributed by atoms with Crippen molar-refractivity contribution in [2.75, 3.05) is 0 Å². The van der Waals surface area contributed by atoms with E-state index in [4.69, 9.17) is 5.84 Å². The highest BCUT2D eigenvalue weighted by atomic mass is 32.1. The van der Waals surface area contributed by atoms with Crippen LogP contribution in [0.3, 0.4) is 0 Å². The van der Waals surface area contributed by atoms with Crippen molar-refractivity contribution in [3.63, 3.8) is 0 Å². The van der Waals surface area contributed by atoms with E-state index in [2.05, 4.69) is 10.1 Å². The molecule has 4 heteroatoms. The van der Waals surface area contributed by atoms with Crippen LogP contribution in [0.4, 0.5) is 0 Å². The summed E-state index contributed by atoms with van der Waals surface area (Å²) in [6.45, 7) is 5.83. The first-order chi connectivity index (χ1) is 5.15. The summed E-state index contributed by atoms with van der Waals surface area (Å²) in [5.74, 6) is 5.15. The van der Waals surface area contributed by atoms with E-state index < -0.39 is 0 Å². The van der Waals surface area contributed by atoms with Crippen LogP contribution in [0.5, 0.6) is 0 Å². The first kappa shape index (κ1) is 8.20. The van der Waals surface area contributed by atoms with Gasteiger partial charge < -0.3 is 5.84 Å². The number of nitrogens with two attached hydrogens (primary N) is 1. The van der Waals surface area contributed by atoms with Crippen molar-refractivity contribution in [3.8, 4) is 0 Å². The lowest BCUT2D eigenvalue weighted by molar-refractivity contribution is 1.18. The summed E-state index contributed by atoms with van der Waals surface area (Å²) in [7, 11) is 0. The summed E-state index contributed by atoms with van der Waals surface area (Å²) >= 11 is 1.63. The third-order valence-corrected chi connectivity index (χ3v) is 2.61. The Morgan fingerprint density at radius 2 is 2.18 bits per heavy atom. The van der Waals surface area contributed by atoms with Gasteiger partial charge in [-0.3, -0.25) is 0 Å². The van der Waals surface area contributed by atoms with Crippen molar-refractivity contribution in [1.82, 2.24) is 4.98 Å². The first-order valence-corrected chi connectivity index (χ1v) is 4.15. The van der Waals surface area contributed by atoms with Gasteiger partial charge in [-0.2, -0.15) is 5.10 Å². The molecular weight excluding hydrogens is 158 g/mol. The zero-order valence-electron chi connectivity index (χ0n) is 6.88. The number of aryl methyl sites for hydroxylation is 2. The molecule has 0 amide bonds. The van der Waals surface area contributed by atoms with Crippen molar-refractivity contribution in [2.45, 2.75) is 20.8 Å². The zero-order chi connectivity index (χ0) is 8.43. The summed E-state index contributed by atoms with van der Waals surface area (Å²) in [4.78, 5) is 5.35. The number of nitrogens with zero attached hydrogens (tertiary/aromatic N) is 2. The minimum Gasteiger partial charge on any atom is -0.323 e. The lowest BCUT2D eigenvalue weighted by atomic mass is 10.3. The highest BCUT2D eigenvalue weighted by Crippen LogP contribution is 2.17. The molecule has 2 N–H and O–H groups in total. The number of hydrazone groups is 1. The van der Waals surface area contributed by atoms with Gasteiger partial charge in [-0.15, -0.1) is 11.3 Å². The second-order valence-corrected chi connectivity index (χ2v) is 3.57. The first-order valence-electron chi connectivity index (χ1n) is 3.34. The minimum atomic E-state index is 0.855. The van der Waals surface area contributed by atoms with Crippen molar-refractivity contribution in [1.29, 1.82) is 0 Å². The smallest absolute Gasteiger partial charge is 0.0904 e. The molecule has 0 bridgehead atoms. The molecule has 3 nitrogen and oxygen atoms in total. The van der Waals surface area contributed by atoms with Gasteiger partial charge in [-0.05, 0) is 20.8 Å². The molecule has 1 heterocycles. The largest absolute Gasteiger partial charge is 0.323 e. The lowest BCUT2D eigenvalue weighted by Crippen LogP contribution is -1.97. The van der Waals surface area contributed by atoms with E-state index in [1.54, 1.807) is 11.3 Å². The summed E-state index contributed by atoms with van der Waals surface area (Å²) < 4.78 is 0. The van der Waals surface area contributed by atoms with Gasteiger partial charge in [0.25, 0.3) is 0 Å². The Kier molecular flexibility index (Phi) is 2.24. The van der Waals surface area contributed by atoms with Gasteiger partial charge in [0.1, 0.15) is 0 Å². The average Bonchev–Trinajstić information content (AvgIpc) is 2.28. The number of thiazole rings is 1. The van der Waals surface area contributed by atoms with E-state index in [-0.39, 0.29) is 0 Å². The third kappa shape index (κ3) is 1.57. The summed E-state index contributed by atoms with van der Waals surface area (Å²) in [5, 5.41) is 4.68. The normalized spacial score (nSPS) is 12.1. The molecule has 0 aliphatic carbocycles. The van der Waals surface area contributed by atoms with E-state index in [1.807, 2.05) is 20.8 Å². The second-order valence-electron chi connectivity index (χ2n) is 2.36. The molecule has 0 saturated heterocycles. The Balaban J connectivity index is 3.13. The van der Waals surface area contributed by atoms with Gasteiger partial charge >= 0.3 is 0 Å². The van der Waals surface area contributed by atoms with Crippen molar-refractivity contribution >= 4 is 17.0 Å². The van der Waals surface area contributed by atoms with Crippen LogP contribution in [-0.2, 0) is 0 Å². The molecule has 0 saturated carbocycles. The van der Waals surface area contributed by atoms with E-state index in [1.165, 1.54) is 0 Å². The van der Waals surface area contributed by atoms with Crippen molar-refractivity contribution in [2.24, 2.45) is 10.9 Å². The van der Waals surface area contributed by atoms with Crippen LogP contribution in [0.2, 0.25) is 0 Å². The Hall–Kier alpha value is -0.900. The molecule has 1 rings (SSSR count). The minimum absolute atomic E-state index is 0.855. The fourth-order valence-corrected chi connectivity index (χ4v) is 1.80. The van der Waals surface area contributed by atoms with E-state index >= 15 is 0 Å². The highest BCUT2D eigenvalue weighted by molar-refractivity contribution is 7.13. The molecule has 1 aromatic heterocycles. The van der Waals surface area contributed by atoms with Gasteiger partial charge in [-0.25, -0.2) is 4.98 Å². The predicted molar refractivity (Wildman–Crippen MR) is 48.0 cm³/mol. The van der Waals surface area contributed by atoms with Crippen LogP contribution in [0.25, 0.3) is 0 Å². The molecule has 0 aliphatic heterocycles. The van der Waals surface area contributed by atoms with Crippen LogP contribution < -0.4 is 5.84 Å². The molecule has 0 atom stereocenters. The molecule has 0 fully saturated rings. The maximum atomic E-state index is 5.15. The number of hydrogen-bond donors (Lipinski definition) is 1. The van der Waals surface area contributed by atoms with E-state index in [0.717, 1.165) is 21.3 Å². The Bertz CT molecular complexity index is 288. The van der Waals surface area contributed by atoms with Gasteiger partial charge in [-0.1, -0.05) is 0 Å². The molecule has 60 valence electrons. The Morgan fingerprint density at radius 1 is 1.55 bits per heavy atom. The summed E-state index contributed by atoms with van der Waals surface area (Å²) in [5.41, 5.74) is 1.87. The lowest BCUT2D eigenvalue weighted by Gasteiger charge is -1.92. The van der Waals surface area contributed by atoms with Gasteiger partial charge in [0, 0.05) is 0 Å². The molecule has 0 unspecified atom stereocenters. The van der Waals surface area contributed by atoms with Gasteiger partial charge in [0.05, 0.1) is 21.3 Å². The molecule has 0 radical (unpaired) electrons. The quantitative estimate of drug-likeness (QED) is 0.393. The maximum Gasteiger partial charge on any atom is 0.0904 e. The van der Waals surface area contributed by atoms with Gasteiger partial charge in [0.15, 0.2) is 0 Å². The van der Waals surface area contributed by atoms with Crippen molar-refractivity contribution in [3.05, 3.63) is 15.6 Å². The molecule has 11 heavy (non-hydrogen) atoms. The second kappa shape index (κ2) is 3.00. The van der Waals surface area contributed by atoms with Crippen LogP contribution in [0.1, 0.15) is 22.5 Å². The zero-order valence-corrected chi connectivity index (χ0v) is 7.70. The fraction of sp³-hybridized carbons (Fsp3) is 0.429. The monoisotopic (exact) mass is 169 g/mol. The Morgan fingerprint density at radius 3 is 2.55 bits per heavy atom. The fourth-order valence-electron chi connectivity index (χ4n) is 0.926. The van der Waals surface area contributed by atoms with E-state index in [9.17, 15) is 0 Å². The Labute approximate surface area is 70.0 Å². The third-order valence-electron chi connectivity index (χ3n) is 1.43. The number of aromatic nitrogens is 1. The SMILES string of the molecule is CC(=NN)c1sc(C)nc1C. The predicted octanol–water partition coefficient (Wildman–Crippen LogP) is 1.44. The van der Waals surface area contributed by atoms with Crippen molar-refractivity contribution < 1.29 is 0 Å². The molecule has 0 spiro atoms. The number of hydrogen-bond acceptors (Lipinski definition) is 4. The standard InChI is InChI=1S/C7H11N3S/c1-4-7(5(2)10-8)11-6(3)9-4/h8H2,1-3H3. The molecule has 0 aliphatic rings. The van der Waals surface area contributed by atoms with E-state index in [0.29, 0.717) is 0 Å². The summed E-state index contributed by atoms with van der Waals surface area (Å²) in [6, 6.07) is 0. The maximum absolute atomic E-state index is 5.15. The number of rotatable bonds is 1. The molecule has 1 aromatic rings.